The van der Waals surface area contributed by atoms with E-state index in [0.717, 1.165) is 0 Å². The minimum absolute atomic E-state index is 0.310. The molecule has 0 radical (unpaired) electrons. The van der Waals surface area contributed by atoms with E-state index in [1.54, 1.807) is 16.7 Å². The van der Waals surface area contributed by atoms with Crippen molar-refractivity contribution < 1.29 is 0 Å². The Balaban J connectivity index is 2.17. The molecular formula is C13H17N. The molecule has 2 aliphatic carbocycles. The normalized spacial score (nSPS) is 24.5. The Kier molecular flexibility index (Phi) is 1.88. The van der Waals surface area contributed by atoms with Crippen LogP contribution in [0.1, 0.15) is 47.6 Å². The second kappa shape index (κ2) is 3.09. The summed E-state index contributed by atoms with van der Waals surface area (Å²) in [6, 6.07) is 4.90. The Morgan fingerprint density at radius 2 is 1.86 bits per heavy atom. The zero-order valence-electron chi connectivity index (χ0n) is 8.55. The van der Waals surface area contributed by atoms with Crippen molar-refractivity contribution in [3.05, 3.63) is 34.4 Å². The predicted octanol–water partition coefficient (Wildman–Crippen LogP) is 2.51. The van der Waals surface area contributed by atoms with E-state index in [9.17, 15) is 0 Å². The lowest BCUT2D eigenvalue weighted by Gasteiger charge is -2.24. The van der Waals surface area contributed by atoms with Gasteiger partial charge in [-0.2, -0.15) is 0 Å². The molecule has 3 rings (SSSR count). The lowest BCUT2D eigenvalue weighted by Crippen LogP contribution is -2.18. The van der Waals surface area contributed by atoms with E-state index >= 15 is 0 Å². The van der Waals surface area contributed by atoms with E-state index < -0.39 is 0 Å². The molecule has 0 saturated carbocycles. The first kappa shape index (κ1) is 8.49. The quantitative estimate of drug-likeness (QED) is 0.663. The van der Waals surface area contributed by atoms with Gasteiger partial charge in [0.05, 0.1) is 0 Å². The van der Waals surface area contributed by atoms with Crippen LogP contribution in [0.25, 0.3) is 0 Å². The van der Waals surface area contributed by atoms with Crippen LogP contribution in [-0.4, -0.2) is 0 Å². The highest BCUT2D eigenvalue weighted by Gasteiger charge is 2.23. The Labute approximate surface area is 85.3 Å². The van der Waals surface area contributed by atoms with Gasteiger partial charge in [0.25, 0.3) is 0 Å². The van der Waals surface area contributed by atoms with Gasteiger partial charge in [0, 0.05) is 6.04 Å². The summed E-state index contributed by atoms with van der Waals surface area (Å²) >= 11 is 0. The van der Waals surface area contributed by atoms with Crippen LogP contribution in [0, 0.1) is 0 Å². The average molecular weight is 187 g/mol. The third kappa shape index (κ3) is 1.12. The van der Waals surface area contributed by atoms with Gasteiger partial charge in [-0.25, -0.2) is 0 Å². The number of fused-ring (bicyclic) bond motifs is 3. The zero-order chi connectivity index (χ0) is 9.54. The molecule has 0 fully saturated rings. The lowest BCUT2D eigenvalue weighted by atomic mass is 9.84. The van der Waals surface area contributed by atoms with Crippen LogP contribution in [0.4, 0.5) is 0 Å². The van der Waals surface area contributed by atoms with Crippen LogP contribution >= 0.6 is 0 Å². The van der Waals surface area contributed by atoms with E-state index in [1.165, 1.54) is 44.1 Å². The monoisotopic (exact) mass is 187 g/mol. The summed E-state index contributed by atoms with van der Waals surface area (Å²) in [5.41, 5.74) is 12.4. The van der Waals surface area contributed by atoms with Crippen LogP contribution in [0.15, 0.2) is 12.1 Å². The Morgan fingerprint density at radius 1 is 1.00 bits per heavy atom. The van der Waals surface area contributed by atoms with E-state index in [2.05, 4.69) is 12.1 Å². The molecule has 1 aromatic rings. The van der Waals surface area contributed by atoms with Crippen molar-refractivity contribution in [3.8, 4) is 0 Å². The lowest BCUT2D eigenvalue weighted by molar-refractivity contribution is 0.567. The van der Waals surface area contributed by atoms with Crippen LogP contribution in [0.3, 0.4) is 0 Å². The van der Waals surface area contributed by atoms with Gasteiger partial charge >= 0.3 is 0 Å². The molecule has 0 unspecified atom stereocenters. The summed E-state index contributed by atoms with van der Waals surface area (Å²) in [4.78, 5) is 0. The molecule has 0 aliphatic heterocycles. The largest absolute Gasteiger partial charge is 0.324 e. The molecule has 0 spiro atoms. The fourth-order valence-corrected chi connectivity index (χ4v) is 3.06. The average Bonchev–Trinajstić information content (AvgIpc) is 2.66. The van der Waals surface area contributed by atoms with Crippen molar-refractivity contribution in [2.75, 3.05) is 0 Å². The standard InChI is InChI=1S/C13H17N/c14-13-6-2-5-11-10-4-1-3-9(10)7-8-12(11)13/h7-8,13H,1-6,14H2/t13-/m0/s1. The van der Waals surface area contributed by atoms with Crippen molar-refractivity contribution in [1.82, 2.24) is 0 Å². The maximum absolute atomic E-state index is 6.14. The Bertz CT molecular complexity index is 368. The van der Waals surface area contributed by atoms with Gasteiger partial charge < -0.3 is 5.73 Å². The molecule has 1 atom stereocenters. The fourth-order valence-electron chi connectivity index (χ4n) is 3.06. The molecule has 0 saturated heterocycles. The summed E-state index contributed by atoms with van der Waals surface area (Å²) in [5, 5.41) is 0. The summed E-state index contributed by atoms with van der Waals surface area (Å²) < 4.78 is 0. The van der Waals surface area contributed by atoms with Gasteiger partial charge in [0.2, 0.25) is 0 Å². The second-order valence-corrected chi connectivity index (χ2v) is 4.62. The molecule has 0 aromatic heterocycles. The minimum Gasteiger partial charge on any atom is -0.324 e. The molecule has 1 nitrogen and oxygen atoms in total. The maximum atomic E-state index is 6.14. The number of benzene rings is 1. The first-order valence-electron chi connectivity index (χ1n) is 5.75. The van der Waals surface area contributed by atoms with Crippen LogP contribution < -0.4 is 5.73 Å². The van der Waals surface area contributed by atoms with E-state index in [-0.39, 0.29) is 0 Å². The Hall–Kier alpha value is -0.820. The minimum atomic E-state index is 0.310. The number of hydrogen-bond donors (Lipinski definition) is 1. The fraction of sp³-hybridized carbons (Fsp3) is 0.538. The first-order valence-corrected chi connectivity index (χ1v) is 5.75. The molecule has 2 N–H and O–H groups in total. The van der Waals surface area contributed by atoms with Crippen LogP contribution in [-0.2, 0) is 19.3 Å². The summed E-state index contributed by atoms with van der Waals surface area (Å²) in [5.74, 6) is 0. The third-order valence-corrected chi connectivity index (χ3v) is 3.78. The van der Waals surface area contributed by atoms with Crippen molar-refractivity contribution in [3.63, 3.8) is 0 Å². The SMILES string of the molecule is N[C@H]1CCCc2c1ccc1c2CCC1. The van der Waals surface area contributed by atoms with Gasteiger partial charge in [-0.05, 0) is 60.8 Å². The molecule has 0 amide bonds. The topological polar surface area (TPSA) is 26.0 Å². The number of rotatable bonds is 0. The zero-order valence-corrected chi connectivity index (χ0v) is 8.55. The summed E-state index contributed by atoms with van der Waals surface area (Å²) in [6.07, 6.45) is 7.66. The summed E-state index contributed by atoms with van der Waals surface area (Å²) in [6.45, 7) is 0. The van der Waals surface area contributed by atoms with Crippen molar-refractivity contribution >= 4 is 0 Å². The van der Waals surface area contributed by atoms with Crippen molar-refractivity contribution in [2.45, 2.75) is 44.6 Å². The number of hydrogen-bond acceptors (Lipinski definition) is 1. The van der Waals surface area contributed by atoms with Crippen LogP contribution in [0.2, 0.25) is 0 Å². The highest BCUT2D eigenvalue weighted by atomic mass is 14.6. The molecule has 2 aliphatic rings. The van der Waals surface area contributed by atoms with E-state index in [4.69, 9.17) is 5.73 Å². The van der Waals surface area contributed by atoms with Crippen molar-refractivity contribution in [2.24, 2.45) is 5.73 Å². The number of aryl methyl sites for hydroxylation is 1. The predicted molar refractivity (Wildman–Crippen MR) is 58.3 cm³/mol. The molecule has 74 valence electrons. The molecule has 1 aromatic carbocycles. The number of nitrogens with two attached hydrogens (primary N) is 1. The molecular weight excluding hydrogens is 170 g/mol. The first-order chi connectivity index (χ1) is 6.86. The molecule has 0 bridgehead atoms. The third-order valence-electron chi connectivity index (χ3n) is 3.78. The smallest absolute Gasteiger partial charge is 0.0297 e. The van der Waals surface area contributed by atoms with Crippen LogP contribution in [0.5, 0.6) is 0 Å². The van der Waals surface area contributed by atoms with Gasteiger partial charge in [0.15, 0.2) is 0 Å². The molecule has 1 heteroatoms. The van der Waals surface area contributed by atoms with Crippen molar-refractivity contribution in [1.29, 1.82) is 0 Å². The highest BCUT2D eigenvalue weighted by Crippen LogP contribution is 2.35. The Morgan fingerprint density at radius 3 is 2.79 bits per heavy atom. The van der Waals surface area contributed by atoms with Gasteiger partial charge in [0.1, 0.15) is 0 Å². The molecule has 0 heterocycles. The van der Waals surface area contributed by atoms with E-state index in [0.29, 0.717) is 6.04 Å². The summed E-state index contributed by atoms with van der Waals surface area (Å²) in [7, 11) is 0. The molecule has 14 heavy (non-hydrogen) atoms. The van der Waals surface area contributed by atoms with Gasteiger partial charge in [-0.15, -0.1) is 0 Å². The second-order valence-electron chi connectivity index (χ2n) is 4.62. The highest BCUT2D eigenvalue weighted by molar-refractivity contribution is 5.46. The van der Waals surface area contributed by atoms with Gasteiger partial charge in [-0.3, -0.25) is 0 Å². The maximum Gasteiger partial charge on any atom is 0.0297 e. The van der Waals surface area contributed by atoms with E-state index in [1.807, 2.05) is 0 Å². The van der Waals surface area contributed by atoms with Gasteiger partial charge in [-0.1, -0.05) is 12.1 Å².